The highest BCUT2D eigenvalue weighted by Crippen LogP contribution is 2.06. The van der Waals surface area contributed by atoms with E-state index in [0.717, 1.165) is 24.9 Å². The van der Waals surface area contributed by atoms with Crippen LogP contribution in [0.4, 0.5) is 0 Å². The Morgan fingerprint density at radius 2 is 2.05 bits per heavy atom. The molecule has 22 heavy (non-hydrogen) atoms. The van der Waals surface area contributed by atoms with Crippen LogP contribution < -0.4 is 10.6 Å². The van der Waals surface area contributed by atoms with Crippen LogP contribution >= 0.6 is 12.4 Å². The second kappa shape index (κ2) is 9.43. The second-order valence-corrected chi connectivity index (χ2v) is 5.26. The van der Waals surface area contributed by atoms with Gasteiger partial charge in [-0.2, -0.15) is 0 Å². The molecule has 0 spiro atoms. The summed E-state index contributed by atoms with van der Waals surface area (Å²) in [6, 6.07) is 9.73. The number of nitrogens with zero attached hydrogens (tertiary/aromatic N) is 1. The van der Waals surface area contributed by atoms with Gasteiger partial charge in [-0.15, -0.1) is 12.4 Å². The SMILES string of the molecule is CCN(Cc1ccccc1)C(=O)CNC(=O)C1CCCN1.Cl. The van der Waals surface area contributed by atoms with Crippen molar-refractivity contribution in [2.45, 2.75) is 32.4 Å². The summed E-state index contributed by atoms with van der Waals surface area (Å²) in [7, 11) is 0. The Morgan fingerprint density at radius 3 is 2.64 bits per heavy atom. The normalized spacial score (nSPS) is 16.7. The zero-order valence-corrected chi connectivity index (χ0v) is 13.7. The number of carbonyl (C=O) groups is 2. The number of hydrogen-bond acceptors (Lipinski definition) is 3. The summed E-state index contributed by atoms with van der Waals surface area (Å²) >= 11 is 0. The van der Waals surface area contributed by atoms with Crippen LogP contribution in [-0.2, 0) is 16.1 Å². The lowest BCUT2D eigenvalue weighted by Crippen LogP contribution is -2.45. The van der Waals surface area contributed by atoms with Crippen molar-refractivity contribution in [3.05, 3.63) is 35.9 Å². The van der Waals surface area contributed by atoms with Crippen LogP contribution in [0.2, 0.25) is 0 Å². The van der Waals surface area contributed by atoms with Gasteiger partial charge in [-0.1, -0.05) is 30.3 Å². The number of halogens is 1. The van der Waals surface area contributed by atoms with Gasteiger partial charge in [-0.05, 0) is 31.9 Å². The maximum atomic E-state index is 12.2. The summed E-state index contributed by atoms with van der Waals surface area (Å²) in [6.45, 7) is 4.10. The molecule has 0 saturated carbocycles. The number of hydrogen-bond donors (Lipinski definition) is 2. The van der Waals surface area contributed by atoms with Gasteiger partial charge < -0.3 is 15.5 Å². The van der Waals surface area contributed by atoms with E-state index in [4.69, 9.17) is 0 Å². The van der Waals surface area contributed by atoms with Gasteiger partial charge in [-0.25, -0.2) is 0 Å². The first-order valence-electron chi connectivity index (χ1n) is 7.53. The van der Waals surface area contributed by atoms with Crippen LogP contribution in [0.3, 0.4) is 0 Å². The molecule has 2 rings (SSSR count). The first kappa shape index (κ1) is 18.5. The number of nitrogens with one attached hydrogen (secondary N) is 2. The minimum Gasteiger partial charge on any atom is -0.346 e. The van der Waals surface area contributed by atoms with E-state index in [9.17, 15) is 9.59 Å². The smallest absolute Gasteiger partial charge is 0.242 e. The first-order valence-corrected chi connectivity index (χ1v) is 7.53. The predicted octanol–water partition coefficient (Wildman–Crippen LogP) is 1.33. The van der Waals surface area contributed by atoms with Crippen LogP contribution in [0.25, 0.3) is 0 Å². The molecular formula is C16H24ClN3O2. The highest BCUT2D eigenvalue weighted by Gasteiger charge is 2.22. The minimum atomic E-state index is -0.137. The molecular weight excluding hydrogens is 302 g/mol. The van der Waals surface area contributed by atoms with Crippen molar-refractivity contribution in [2.75, 3.05) is 19.6 Å². The van der Waals surface area contributed by atoms with Crippen LogP contribution in [0, 0.1) is 0 Å². The molecule has 0 radical (unpaired) electrons. The fourth-order valence-corrected chi connectivity index (χ4v) is 2.49. The maximum absolute atomic E-state index is 12.2. The van der Waals surface area contributed by atoms with Gasteiger partial charge in [-0.3, -0.25) is 9.59 Å². The van der Waals surface area contributed by atoms with E-state index in [1.54, 1.807) is 4.90 Å². The van der Waals surface area contributed by atoms with Gasteiger partial charge in [0.2, 0.25) is 11.8 Å². The van der Waals surface area contributed by atoms with Crippen molar-refractivity contribution < 1.29 is 9.59 Å². The molecule has 1 fully saturated rings. The summed E-state index contributed by atoms with van der Waals surface area (Å²) in [4.78, 5) is 25.8. The molecule has 1 heterocycles. The molecule has 6 heteroatoms. The Kier molecular flexibility index (Phi) is 7.91. The van der Waals surface area contributed by atoms with Gasteiger partial charge in [0.25, 0.3) is 0 Å². The fourth-order valence-electron chi connectivity index (χ4n) is 2.49. The summed E-state index contributed by atoms with van der Waals surface area (Å²) in [5.74, 6) is -0.121. The number of likely N-dealkylation sites (N-methyl/N-ethyl adjacent to an activating group) is 1. The molecule has 0 bridgehead atoms. The summed E-state index contributed by atoms with van der Waals surface area (Å²) < 4.78 is 0. The zero-order valence-electron chi connectivity index (χ0n) is 12.9. The third-order valence-corrected chi connectivity index (χ3v) is 3.74. The predicted molar refractivity (Wildman–Crippen MR) is 88.8 cm³/mol. The van der Waals surface area contributed by atoms with E-state index >= 15 is 0 Å². The summed E-state index contributed by atoms with van der Waals surface area (Å²) in [6.07, 6.45) is 1.86. The largest absolute Gasteiger partial charge is 0.346 e. The first-order chi connectivity index (χ1) is 10.2. The van der Waals surface area contributed by atoms with E-state index in [-0.39, 0.29) is 36.8 Å². The van der Waals surface area contributed by atoms with Gasteiger partial charge in [0.15, 0.2) is 0 Å². The Hall–Kier alpha value is -1.59. The maximum Gasteiger partial charge on any atom is 0.242 e. The molecule has 0 aromatic heterocycles. The number of amides is 2. The van der Waals surface area contributed by atoms with Crippen LogP contribution in [0.15, 0.2) is 30.3 Å². The number of benzene rings is 1. The molecule has 1 unspecified atom stereocenters. The van der Waals surface area contributed by atoms with Gasteiger partial charge >= 0.3 is 0 Å². The summed E-state index contributed by atoms with van der Waals surface area (Å²) in [5.41, 5.74) is 1.09. The Labute approximate surface area is 137 Å². The van der Waals surface area contributed by atoms with Crippen LogP contribution in [-0.4, -0.2) is 42.4 Å². The number of carbonyl (C=O) groups excluding carboxylic acids is 2. The molecule has 1 aliphatic heterocycles. The quantitative estimate of drug-likeness (QED) is 0.829. The van der Waals surface area contributed by atoms with Crippen molar-refractivity contribution in [3.8, 4) is 0 Å². The van der Waals surface area contributed by atoms with E-state index in [1.165, 1.54) is 0 Å². The summed E-state index contributed by atoms with van der Waals surface area (Å²) in [5, 5.41) is 5.86. The lowest BCUT2D eigenvalue weighted by atomic mass is 10.2. The van der Waals surface area contributed by atoms with E-state index < -0.39 is 0 Å². The third kappa shape index (κ3) is 5.31. The molecule has 1 aromatic carbocycles. The van der Waals surface area contributed by atoms with Crippen LogP contribution in [0.5, 0.6) is 0 Å². The highest BCUT2D eigenvalue weighted by atomic mass is 35.5. The fraction of sp³-hybridized carbons (Fsp3) is 0.500. The van der Waals surface area contributed by atoms with Gasteiger partial charge in [0.05, 0.1) is 12.6 Å². The lowest BCUT2D eigenvalue weighted by molar-refractivity contribution is -0.133. The molecule has 2 amide bonds. The third-order valence-electron chi connectivity index (χ3n) is 3.74. The minimum absolute atomic E-state index is 0. The standard InChI is InChI=1S/C16H23N3O2.ClH/c1-2-19(12-13-7-4-3-5-8-13)15(20)11-18-16(21)14-9-6-10-17-14;/h3-5,7-8,14,17H,2,6,9-12H2,1H3,(H,18,21);1H. The Balaban J connectivity index is 0.00000242. The van der Waals surface area contributed by atoms with Crippen molar-refractivity contribution in [2.24, 2.45) is 0 Å². The topological polar surface area (TPSA) is 61.4 Å². The lowest BCUT2D eigenvalue weighted by Gasteiger charge is -2.21. The van der Waals surface area contributed by atoms with Gasteiger partial charge in [0, 0.05) is 13.1 Å². The molecule has 2 N–H and O–H groups in total. The average Bonchev–Trinajstić information content (AvgIpc) is 3.05. The zero-order chi connectivity index (χ0) is 15.1. The molecule has 1 atom stereocenters. The molecule has 5 nitrogen and oxygen atoms in total. The number of rotatable bonds is 6. The molecule has 1 aliphatic rings. The average molecular weight is 326 g/mol. The van der Waals surface area contributed by atoms with Crippen molar-refractivity contribution >= 4 is 24.2 Å². The Bertz CT molecular complexity index is 476. The molecule has 1 saturated heterocycles. The highest BCUT2D eigenvalue weighted by molar-refractivity contribution is 5.87. The van der Waals surface area contributed by atoms with E-state index in [1.807, 2.05) is 37.3 Å². The molecule has 122 valence electrons. The van der Waals surface area contributed by atoms with Crippen LogP contribution in [0.1, 0.15) is 25.3 Å². The van der Waals surface area contributed by atoms with Crippen molar-refractivity contribution in [1.29, 1.82) is 0 Å². The van der Waals surface area contributed by atoms with E-state index in [0.29, 0.717) is 13.1 Å². The Morgan fingerprint density at radius 1 is 1.32 bits per heavy atom. The van der Waals surface area contributed by atoms with Crippen molar-refractivity contribution in [3.63, 3.8) is 0 Å². The second-order valence-electron chi connectivity index (χ2n) is 5.26. The van der Waals surface area contributed by atoms with E-state index in [2.05, 4.69) is 10.6 Å². The monoisotopic (exact) mass is 325 g/mol. The molecule has 0 aliphatic carbocycles. The molecule has 1 aromatic rings. The van der Waals surface area contributed by atoms with Crippen molar-refractivity contribution in [1.82, 2.24) is 15.5 Å². The van der Waals surface area contributed by atoms with Gasteiger partial charge in [0.1, 0.15) is 0 Å².